The molecular weight excluding hydrogens is 442 g/mol. The summed E-state index contributed by atoms with van der Waals surface area (Å²) >= 11 is 1.15. The average molecular weight is 462 g/mol. The van der Waals surface area contributed by atoms with Crippen molar-refractivity contribution in [3.05, 3.63) is 36.4 Å². The third kappa shape index (κ3) is 4.06. The Morgan fingerprint density at radius 3 is 2.45 bits per heavy atom. The van der Waals surface area contributed by atoms with Crippen molar-refractivity contribution in [3.63, 3.8) is 0 Å². The second-order valence-corrected chi connectivity index (χ2v) is 9.45. The van der Waals surface area contributed by atoms with Gasteiger partial charge >= 0.3 is 0 Å². The van der Waals surface area contributed by atoms with Crippen LogP contribution in [-0.4, -0.2) is 39.4 Å². The molecule has 1 aliphatic heterocycles. The molecule has 162 valence electrons. The first kappa shape index (κ1) is 21.1. The molecule has 0 bridgehead atoms. The summed E-state index contributed by atoms with van der Waals surface area (Å²) in [6.07, 6.45) is 0.944. The number of carbonyl (C=O) groups is 2. The van der Waals surface area contributed by atoms with Crippen LogP contribution in [0.2, 0.25) is 0 Å². The van der Waals surface area contributed by atoms with Gasteiger partial charge in [0.2, 0.25) is 11.8 Å². The maximum Gasteiger partial charge on any atom is 0.267 e. The molecule has 0 saturated carbocycles. The van der Waals surface area contributed by atoms with Crippen molar-refractivity contribution < 1.29 is 27.5 Å². The number of imide groups is 1. The summed E-state index contributed by atoms with van der Waals surface area (Å²) in [4.78, 5) is 29.6. The van der Waals surface area contributed by atoms with Gasteiger partial charge in [-0.25, -0.2) is 13.4 Å². The van der Waals surface area contributed by atoms with Crippen LogP contribution in [-0.2, 0) is 19.6 Å². The Bertz CT molecular complexity index is 1270. The fourth-order valence-electron chi connectivity index (χ4n) is 3.30. The first-order valence-corrected chi connectivity index (χ1v) is 11.6. The highest BCUT2D eigenvalue weighted by molar-refractivity contribution is 7.93. The number of hydrogen-bond acceptors (Lipinski definition) is 8. The number of amides is 2. The number of ether oxygens (including phenoxy) is 2. The zero-order chi connectivity index (χ0) is 22.2. The molecule has 11 heteroatoms. The first-order chi connectivity index (χ1) is 14.8. The molecule has 2 amide bonds. The molecule has 0 spiro atoms. The Balaban J connectivity index is 1.71. The number of methoxy groups -OCH3 is 2. The van der Waals surface area contributed by atoms with Gasteiger partial charge in [-0.2, -0.15) is 0 Å². The molecule has 2 heterocycles. The van der Waals surface area contributed by atoms with E-state index in [0.29, 0.717) is 17.7 Å². The smallest absolute Gasteiger partial charge is 0.267 e. The third-order valence-electron chi connectivity index (χ3n) is 4.79. The number of carbonyl (C=O) groups excluding carboxylic acids is 2. The zero-order valence-electron chi connectivity index (χ0n) is 16.7. The molecule has 4 rings (SSSR count). The largest absolute Gasteiger partial charge is 0.497 e. The van der Waals surface area contributed by atoms with Gasteiger partial charge in [-0.15, -0.1) is 0 Å². The van der Waals surface area contributed by atoms with Crippen LogP contribution in [0.15, 0.2) is 41.3 Å². The fraction of sp³-hybridized carbons (Fsp3) is 0.250. The molecule has 0 unspecified atom stereocenters. The number of piperidine rings is 1. The minimum absolute atomic E-state index is 0.0796. The van der Waals surface area contributed by atoms with Crippen LogP contribution in [0.4, 0.5) is 10.8 Å². The number of sulfonamides is 1. The summed E-state index contributed by atoms with van der Waals surface area (Å²) in [5.41, 5.74) is 0.804. The van der Waals surface area contributed by atoms with Crippen LogP contribution < -0.4 is 19.1 Å². The number of thiazole rings is 1. The maximum atomic E-state index is 13.1. The molecule has 1 aliphatic rings. The fourth-order valence-corrected chi connectivity index (χ4v) is 5.62. The number of anilines is 2. The number of benzene rings is 2. The highest BCUT2D eigenvalue weighted by atomic mass is 32.2. The second kappa shape index (κ2) is 8.16. The van der Waals surface area contributed by atoms with E-state index in [-0.39, 0.29) is 46.1 Å². The molecule has 1 saturated heterocycles. The van der Waals surface area contributed by atoms with Crippen molar-refractivity contribution in [3.8, 4) is 11.5 Å². The van der Waals surface area contributed by atoms with Crippen LogP contribution in [0, 0.1) is 0 Å². The predicted octanol–water partition coefficient (Wildman–Crippen LogP) is 3.16. The van der Waals surface area contributed by atoms with Crippen LogP contribution >= 0.6 is 11.3 Å². The van der Waals surface area contributed by atoms with Crippen molar-refractivity contribution in [2.45, 2.75) is 24.2 Å². The first-order valence-electron chi connectivity index (χ1n) is 9.33. The van der Waals surface area contributed by atoms with E-state index in [1.54, 1.807) is 25.3 Å². The molecule has 1 N–H and O–H groups in total. The number of hydrogen-bond donors (Lipinski definition) is 1. The van der Waals surface area contributed by atoms with Crippen LogP contribution in [0.5, 0.6) is 11.5 Å². The normalized spacial score (nSPS) is 14.7. The van der Waals surface area contributed by atoms with E-state index < -0.39 is 10.0 Å². The minimum atomic E-state index is -4.12. The maximum absolute atomic E-state index is 13.1. The van der Waals surface area contributed by atoms with E-state index in [9.17, 15) is 18.0 Å². The number of aromatic nitrogens is 1. The van der Waals surface area contributed by atoms with Gasteiger partial charge in [0.05, 0.1) is 30.1 Å². The zero-order valence-corrected chi connectivity index (χ0v) is 18.4. The Hall–Kier alpha value is -3.18. The number of nitrogens with one attached hydrogen (secondary N) is 1. The Labute approximate surface area is 182 Å². The molecule has 31 heavy (non-hydrogen) atoms. The number of nitrogens with zero attached hydrogens (tertiary/aromatic N) is 2. The van der Waals surface area contributed by atoms with Gasteiger partial charge in [0.25, 0.3) is 10.0 Å². The van der Waals surface area contributed by atoms with Crippen molar-refractivity contribution in [2.24, 2.45) is 0 Å². The van der Waals surface area contributed by atoms with Crippen molar-refractivity contribution in [1.29, 1.82) is 0 Å². The lowest BCUT2D eigenvalue weighted by Gasteiger charge is -2.25. The molecular formula is C20H19N3O6S2. The van der Waals surface area contributed by atoms with Gasteiger partial charge in [-0.3, -0.25) is 19.2 Å². The lowest BCUT2D eigenvalue weighted by atomic mass is 10.1. The SMILES string of the molecule is COc1ccc2nc(NS(=O)(=O)c3cc(N4C(=O)CCCC4=O)ccc3OC)sc2c1. The van der Waals surface area contributed by atoms with Gasteiger partial charge in [-0.1, -0.05) is 11.3 Å². The standard InChI is InChI=1S/C20H19N3O6S2/c1-28-13-7-8-14-16(11-13)30-20(21-14)22-31(26,27)17-10-12(6-9-15(17)29-2)23-18(24)4-3-5-19(23)25/h6-11H,3-5H2,1-2H3,(H,21,22). The van der Waals surface area contributed by atoms with Gasteiger partial charge in [0, 0.05) is 12.8 Å². The molecule has 3 aromatic rings. The van der Waals surface area contributed by atoms with Crippen LogP contribution in [0.3, 0.4) is 0 Å². The summed E-state index contributed by atoms with van der Waals surface area (Å²) in [6.45, 7) is 0. The lowest BCUT2D eigenvalue weighted by Crippen LogP contribution is -2.40. The van der Waals surface area contributed by atoms with E-state index in [0.717, 1.165) is 20.9 Å². The monoisotopic (exact) mass is 461 g/mol. The van der Waals surface area contributed by atoms with E-state index in [2.05, 4.69) is 9.71 Å². The van der Waals surface area contributed by atoms with E-state index >= 15 is 0 Å². The van der Waals surface area contributed by atoms with Crippen LogP contribution in [0.1, 0.15) is 19.3 Å². The summed E-state index contributed by atoms with van der Waals surface area (Å²) < 4.78 is 39.9. The number of rotatable bonds is 6. The Morgan fingerprint density at radius 2 is 1.77 bits per heavy atom. The molecule has 1 fully saturated rings. The predicted molar refractivity (Wildman–Crippen MR) is 116 cm³/mol. The van der Waals surface area contributed by atoms with E-state index in [1.165, 1.54) is 25.3 Å². The van der Waals surface area contributed by atoms with Crippen LogP contribution in [0.25, 0.3) is 10.2 Å². The van der Waals surface area contributed by atoms with Crippen molar-refractivity contribution in [2.75, 3.05) is 23.8 Å². The highest BCUT2D eigenvalue weighted by Gasteiger charge is 2.30. The van der Waals surface area contributed by atoms with Crippen molar-refractivity contribution in [1.82, 2.24) is 4.98 Å². The van der Waals surface area contributed by atoms with E-state index in [4.69, 9.17) is 9.47 Å². The van der Waals surface area contributed by atoms with Gasteiger partial charge in [0.1, 0.15) is 16.4 Å². The summed E-state index contributed by atoms with van der Waals surface area (Å²) in [5, 5.41) is 0.167. The number of fused-ring (bicyclic) bond motifs is 1. The molecule has 0 atom stereocenters. The Kier molecular flexibility index (Phi) is 5.54. The lowest BCUT2D eigenvalue weighted by molar-refractivity contribution is -0.129. The second-order valence-electron chi connectivity index (χ2n) is 6.77. The summed E-state index contributed by atoms with van der Waals surface area (Å²) in [6, 6.07) is 9.40. The third-order valence-corrected chi connectivity index (χ3v) is 7.22. The molecule has 0 aliphatic carbocycles. The summed E-state index contributed by atoms with van der Waals surface area (Å²) in [5.74, 6) is -0.0116. The van der Waals surface area contributed by atoms with Gasteiger partial charge in [-0.05, 0) is 42.8 Å². The topological polar surface area (TPSA) is 115 Å². The Morgan fingerprint density at radius 1 is 1.03 bits per heavy atom. The molecule has 9 nitrogen and oxygen atoms in total. The van der Waals surface area contributed by atoms with E-state index in [1.807, 2.05) is 0 Å². The molecule has 1 aromatic heterocycles. The average Bonchev–Trinajstić information content (AvgIpc) is 3.14. The highest BCUT2D eigenvalue weighted by Crippen LogP contribution is 2.34. The molecule has 2 aromatic carbocycles. The van der Waals surface area contributed by atoms with Crippen molar-refractivity contribution >= 4 is 54.2 Å². The van der Waals surface area contributed by atoms with Gasteiger partial charge < -0.3 is 9.47 Å². The molecule has 0 radical (unpaired) electrons. The quantitative estimate of drug-likeness (QED) is 0.561. The van der Waals surface area contributed by atoms with Gasteiger partial charge in [0.15, 0.2) is 5.13 Å². The minimum Gasteiger partial charge on any atom is -0.497 e. The summed E-state index contributed by atoms with van der Waals surface area (Å²) in [7, 11) is -1.24.